The van der Waals surface area contributed by atoms with E-state index in [1.165, 1.54) is 44.9 Å². The first kappa shape index (κ1) is 25.4. The molecule has 0 aromatic carbocycles. The van der Waals surface area contributed by atoms with Crippen LogP contribution in [-0.2, 0) is 14.9 Å². The highest BCUT2D eigenvalue weighted by Gasteiger charge is 2.60. The molecule has 0 radical (unpaired) electrons. The fourth-order valence-electron chi connectivity index (χ4n) is 9.18. The van der Waals surface area contributed by atoms with E-state index in [2.05, 4.69) is 26.1 Å². The highest BCUT2D eigenvalue weighted by molar-refractivity contribution is 7.85. The number of hydrogen-bond acceptors (Lipinski definition) is 4. The summed E-state index contributed by atoms with van der Waals surface area (Å²) in [6, 6.07) is 0. The van der Waals surface area contributed by atoms with E-state index in [1.807, 2.05) is 0 Å². The fourth-order valence-corrected chi connectivity index (χ4v) is 9.54. The molecule has 4 aliphatic carbocycles. The van der Waals surface area contributed by atoms with Crippen molar-refractivity contribution in [2.24, 2.45) is 46.3 Å². The summed E-state index contributed by atoms with van der Waals surface area (Å²) in [5, 5.41) is 12.9. The quantitative estimate of drug-likeness (QED) is 0.465. The molecule has 0 aromatic heterocycles. The number of carbonyl (C=O) groups excluding carboxylic acids is 1. The van der Waals surface area contributed by atoms with Crippen LogP contribution in [0.15, 0.2) is 0 Å². The molecule has 1 unspecified atom stereocenters. The summed E-state index contributed by atoms with van der Waals surface area (Å²) in [7, 11) is -4.04. The molecule has 6 nitrogen and oxygen atoms in total. The highest BCUT2D eigenvalue weighted by atomic mass is 32.2. The van der Waals surface area contributed by atoms with Gasteiger partial charge in [0.1, 0.15) is 0 Å². The number of fused-ring (bicyclic) bond motifs is 5. The van der Waals surface area contributed by atoms with Gasteiger partial charge >= 0.3 is 0 Å². The Bertz CT molecular complexity index is 831. The first-order chi connectivity index (χ1) is 15.4. The summed E-state index contributed by atoms with van der Waals surface area (Å²) in [4.78, 5) is 12.2. The average Bonchev–Trinajstić information content (AvgIpc) is 3.09. The third kappa shape index (κ3) is 5.02. The second-order valence-corrected chi connectivity index (χ2v) is 14.0. The van der Waals surface area contributed by atoms with Crippen molar-refractivity contribution in [2.45, 2.75) is 97.5 Å². The largest absolute Gasteiger partial charge is 0.393 e. The maximum atomic E-state index is 12.2. The molecule has 0 heterocycles. The maximum Gasteiger partial charge on any atom is 0.266 e. The number of carbonyl (C=O) groups is 1. The first-order valence-corrected chi connectivity index (χ1v) is 14.9. The Hall–Kier alpha value is -0.660. The molecule has 4 fully saturated rings. The van der Waals surface area contributed by atoms with E-state index in [0.29, 0.717) is 35.0 Å². The lowest BCUT2D eigenvalue weighted by Crippen LogP contribution is -2.54. The summed E-state index contributed by atoms with van der Waals surface area (Å²) in [6.07, 6.45) is 12.1. The normalized spacial score (nSPS) is 43.8. The van der Waals surface area contributed by atoms with Gasteiger partial charge in [-0.15, -0.1) is 0 Å². The van der Waals surface area contributed by atoms with Gasteiger partial charge in [-0.3, -0.25) is 9.35 Å². The lowest BCUT2D eigenvalue weighted by Gasteiger charge is -2.61. The smallest absolute Gasteiger partial charge is 0.266 e. The number of amides is 1. The zero-order chi connectivity index (χ0) is 24.0. The Kier molecular flexibility index (Phi) is 7.26. The Morgan fingerprint density at radius 3 is 2.45 bits per heavy atom. The van der Waals surface area contributed by atoms with Crippen LogP contribution in [-0.4, -0.2) is 42.4 Å². The van der Waals surface area contributed by atoms with Crippen LogP contribution in [0.2, 0.25) is 0 Å². The molecule has 0 bridgehead atoms. The van der Waals surface area contributed by atoms with Crippen LogP contribution in [0.25, 0.3) is 0 Å². The molecule has 0 aliphatic heterocycles. The van der Waals surface area contributed by atoms with Gasteiger partial charge in [0.15, 0.2) is 0 Å². The van der Waals surface area contributed by atoms with Crippen LogP contribution >= 0.6 is 0 Å². The van der Waals surface area contributed by atoms with Crippen LogP contribution in [0.1, 0.15) is 91.4 Å². The Morgan fingerprint density at radius 1 is 1.03 bits per heavy atom. The van der Waals surface area contributed by atoms with Crippen LogP contribution in [0, 0.1) is 46.3 Å². The Balaban J connectivity index is 1.35. The van der Waals surface area contributed by atoms with Crippen molar-refractivity contribution in [3.05, 3.63) is 0 Å². The molecule has 0 saturated heterocycles. The standard InChI is InChI=1S/C26H45NO5S/c1-17(4-9-24(29)27-14-15-33(30,31)32)21-7-8-22-20-6-5-18-16-19(28)10-12-25(18,2)23(20)11-13-26(21,22)3/h17-23,28H,4-16H2,1-3H3,(H,27,29)(H,30,31,32)/t17-,18-,19?,20+,21-,22+,23+,25+,26-/m1/s1. The number of nitrogens with one attached hydrogen (secondary N) is 1. The van der Waals surface area contributed by atoms with E-state index in [9.17, 15) is 18.3 Å². The lowest BCUT2D eigenvalue weighted by atomic mass is 9.44. The molecule has 0 aromatic rings. The molecule has 9 atom stereocenters. The average molecular weight is 484 g/mol. The molecule has 190 valence electrons. The topological polar surface area (TPSA) is 104 Å². The molecular formula is C26H45NO5S. The van der Waals surface area contributed by atoms with E-state index >= 15 is 0 Å². The van der Waals surface area contributed by atoms with Crippen molar-refractivity contribution in [1.82, 2.24) is 5.32 Å². The predicted octanol–water partition coefficient (Wildman–Crippen LogP) is 4.43. The van der Waals surface area contributed by atoms with Crippen molar-refractivity contribution in [1.29, 1.82) is 0 Å². The van der Waals surface area contributed by atoms with E-state index in [1.54, 1.807) is 0 Å². The third-order valence-electron chi connectivity index (χ3n) is 10.9. The Morgan fingerprint density at radius 2 is 1.73 bits per heavy atom. The van der Waals surface area contributed by atoms with Crippen molar-refractivity contribution in [2.75, 3.05) is 12.3 Å². The van der Waals surface area contributed by atoms with Crippen molar-refractivity contribution >= 4 is 16.0 Å². The van der Waals surface area contributed by atoms with Gasteiger partial charge in [0.2, 0.25) is 5.91 Å². The number of rotatable bonds is 7. The highest BCUT2D eigenvalue weighted by Crippen LogP contribution is 2.68. The molecule has 1 amide bonds. The zero-order valence-electron chi connectivity index (χ0n) is 20.8. The van der Waals surface area contributed by atoms with Gasteiger partial charge in [0, 0.05) is 13.0 Å². The van der Waals surface area contributed by atoms with Crippen LogP contribution in [0.3, 0.4) is 0 Å². The molecule has 33 heavy (non-hydrogen) atoms. The van der Waals surface area contributed by atoms with Crippen LogP contribution in [0.4, 0.5) is 0 Å². The van der Waals surface area contributed by atoms with Crippen LogP contribution < -0.4 is 5.32 Å². The number of aliphatic hydroxyl groups excluding tert-OH is 1. The minimum atomic E-state index is -4.04. The maximum absolute atomic E-state index is 12.2. The summed E-state index contributed by atoms with van der Waals surface area (Å²) < 4.78 is 30.5. The molecule has 4 aliphatic rings. The summed E-state index contributed by atoms with van der Waals surface area (Å²) in [6.45, 7) is 7.34. The molecular weight excluding hydrogens is 438 g/mol. The molecule has 0 spiro atoms. The van der Waals surface area contributed by atoms with Crippen molar-refractivity contribution in [3.63, 3.8) is 0 Å². The second kappa shape index (κ2) is 9.42. The van der Waals surface area contributed by atoms with Gasteiger partial charge < -0.3 is 10.4 Å². The summed E-state index contributed by atoms with van der Waals surface area (Å²) in [5.74, 6) is 3.68. The fraction of sp³-hybridized carbons (Fsp3) is 0.962. The molecule has 4 rings (SSSR count). The van der Waals surface area contributed by atoms with Crippen LogP contribution in [0.5, 0.6) is 0 Å². The van der Waals surface area contributed by atoms with E-state index in [0.717, 1.165) is 37.0 Å². The lowest BCUT2D eigenvalue weighted by molar-refractivity contribution is -0.129. The minimum Gasteiger partial charge on any atom is -0.393 e. The van der Waals surface area contributed by atoms with Gasteiger partial charge in [-0.1, -0.05) is 20.8 Å². The third-order valence-corrected chi connectivity index (χ3v) is 11.6. The van der Waals surface area contributed by atoms with Gasteiger partial charge in [-0.2, -0.15) is 8.42 Å². The number of hydrogen-bond donors (Lipinski definition) is 3. The number of aliphatic hydroxyl groups is 1. The van der Waals surface area contributed by atoms with Gasteiger partial charge in [-0.25, -0.2) is 0 Å². The first-order valence-electron chi connectivity index (χ1n) is 13.3. The molecule has 7 heteroatoms. The van der Waals surface area contributed by atoms with Gasteiger partial charge in [-0.05, 0) is 111 Å². The molecule has 4 saturated carbocycles. The summed E-state index contributed by atoms with van der Waals surface area (Å²) in [5.41, 5.74) is 0.771. The minimum absolute atomic E-state index is 0.0326. The Labute approximate surface area is 200 Å². The van der Waals surface area contributed by atoms with Gasteiger partial charge in [0.05, 0.1) is 11.9 Å². The predicted molar refractivity (Wildman–Crippen MR) is 129 cm³/mol. The zero-order valence-corrected chi connectivity index (χ0v) is 21.6. The van der Waals surface area contributed by atoms with E-state index in [4.69, 9.17) is 4.55 Å². The SMILES string of the molecule is C[C@H](CCC(=O)NCCS(=O)(=O)O)[C@H]1CC[C@H]2[C@@H]3CC[C@@H]4CC(O)CC[C@]4(C)[C@H]3CC[C@]12C. The van der Waals surface area contributed by atoms with Crippen molar-refractivity contribution < 1.29 is 22.9 Å². The second-order valence-electron chi connectivity index (χ2n) is 12.5. The van der Waals surface area contributed by atoms with Crippen molar-refractivity contribution in [3.8, 4) is 0 Å². The summed E-state index contributed by atoms with van der Waals surface area (Å²) >= 11 is 0. The molecule has 3 N–H and O–H groups in total. The van der Waals surface area contributed by atoms with Gasteiger partial charge in [0.25, 0.3) is 10.1 Å². The van der Waals surface area contributed by atoms with E-state index < -0.39 is 15.9 Å². The van der Waals surface area contributed by atoms with E-state index in [-0.39, 0.29) is 18.6 Å². The monoisotopic (exact) mass is 483 g/mol.